The van der Waals surface area contributed by atoms with Crippen LogP contribution in [0.15, 0.2) is 60.8 Å². The number of carbonyl (C=O) groups is 2. The Hall–Kier alpha value is -4.24. The molecule has 2 aromatic carbocycles. The molecule has 6 rings (SSSR count). The molecule has 0 fully saturated rings. The van der Waals surface area contributed by atoms with E-state index in [1.54, 1.807) is 42.6 Å². The number of imidazole rings is 1. The average molecular weight is 441 g/mol. The highest BCUT2D eigenvalue weighted by Crippen LogP contribution is 2.37. The zero-order valence-corrected chi connectivity index (χ0v) is 17.5. The molecule has 4 heterocycles. The molecule has 0 bridgehead atoms. The van der Waals surface area contributed by atoms with Gasteiger partial charge in [0.15, 0.2) is 0 Å². The van der Waals surface area contributed by atoms with Gasteiger partial charge in [0, 0.05) is 18.4 Å². The van der Waals surface area contributed by atoms with Crippen LogP contribution in [0, 0.1) is 0 Å². The molecule has 2 aliphatic rings. The van der Waals surface area contributed by atoms with Crippen LogP contribution in [0.2, 0.25) is 0 Å². The maximum absolute atomic E-state index is 13.3. The van der Waals surface area contributed by atoms with E-state index in [9.17, 15) is 9.59 Å². The van der Waals surface area contributed by atoms with Crippen LogP contribution in [0.25, 0.3) is 11.0 Å². The quantitative estimate of drug-likeness (QED) is 0.524. The largest absolute Gasteiger partial charge is 0.436 e. The first-order valence-corrected chi connectivity index (χ1v) is 10.6. The number of carbonyl (C=O) groups excluding carboxylic acids is 2. The van der Waals surface area contributed by atoms with Crippen molar-refractivity contribution in [2.75, 3.05) is 23.4 Å². The fourth-order valence-electron chi connectivity index (χ4n) is 4.20. The van der Waals surface area contributed by atoms with Gasteiger partial charge in [-0.2, -0.15) is 0 Å². The number of ether oxygens (including phenoxy) is 2. The van der Waals surface area contributed by atoms with Crippen molar-refractivity contribution in [3.05, 3.63) is 72.2 Å². The molecule has 0 saturated heterocycles. The fraction of sp³-hybridized carbons (Fsp3) is 0.167. The third-order valence-corrected chi connectivity index (χ3v) is 5.71. The maximum atomic E-state index is 13.3. The number of hydrogen-bond donors (Lipinski definition) is 1. The van der Waals surface area contributed by atoms with E-state index in [2.05, 4.69) is 19.9 Å². The Morgan fingerprint density at radius 2 is 2.03 bits per heavy atom. The average Bonchev–Trinajstić information content (AvgIpc) is 3.15. The molecule has 2 aliphatic heterocycles. The second-order valence-corrected chi connectivity index (χ2v) is 7.80. The molecule has 0 atom stereocenters. The molecule has 4 aromatic rings. The van der Waals surface area contributed by atoms with Gasteiger partial charge in [-0.3, -0.25) is 14.5 Å². The number of benzene rings is 2. The summed E-state index contributed by atoms with van der Waals surface area (Å²) in [4.78, 5) is 36.5. The zero-order valence-electron chi connectivity index (χ0n) is 17.5. The number of anilines is 2. The number of nitrogens with one attached hydrogen (secondary N) is 1. The summed E-state index contributed by atoms with van der Waals surface area (Å²) in [6, 6.07) is 15.9. The lowest BCUT2D eigenvalue weighted by Crippen LogP contribution is -2.37. The first-order valence-electron chi connectivity index (χ1n) is 10.6. The SMILES string of the molecule is O=C(CN1C(=O)c2ccccc2Oc2ncccc21)Nc1ccc2c(c1)nc1n2CCOC1. The Morgan fingerprint density at radius 1 is 1.12 bits per heavy atom. The van der Waals surface area contributed by atoms with E-state index in [0.29, 0.717) is 35.9 Å². The Balaban J connectivity index is 1.28. The highest BCUT2D eigenvalue weighted by molar-refractivity contribution is 6.12. The highest BCUT2D eigenvalue weighted by atomic mass is 16.5. The minimum absolute atomic E-state index is 0.194. The molecular weight excluding hydrogens is 422 g/mol. The van der Waals surface area contributed by atoms with Crippen molar-refractivity contribution in [1.29, 1.82) is 0 Å². The van der Waals surface area contributed by atoms with Gasteiger partial charge in [0.25, 0.3) is 5.91 Å². The van der Waals surface area contributed by atoms with Gasteiger partial charge in [-0.25, -0.2) is 9.97 Å². The van der Waals surface area contributed by atoms with E-state index >= 15 is 0 Å². The number of aromatic nitrogens is 3. The molecular formula is C24H19N5O4. The summed E-state index contributed by atoms with van der Waals surface area (Å²) in [5.41, 5.74) is 3.20. The normalized spacial score (nSPS) is 14.7. The molecule has 0 unspecified atom stereocenters. The number of rotatable bonds is 3. The minimum atomic E-state index is -0.343. The number of amides is 2. The van der Waals surface area contributed by atoms with Crippen LogP contribution in [-0.2, 0) is 22.7 Å². The van der Waals surface area contributed by atoms with Crippen molar-refractivity contribution < 1.29 is 19.1 Å². The topological polar surface area (TPSA) is 98.6 Å². The molecule has 1 N–H and O–H groups in total. The molecule has 164 valence electrons. The van der Waals surface area contributed by atoms with Crippen LogP contribution in [0.5, 0.6) is 11.6 Å². The Morgan fingerprint density at radius 3 is 2.97 bits per heavy atom. The standard InChI is InChI=1S/C24H19N5O4/c30-22(26-15-7-8-18-17(12-15)27-21-14-32-11-10-28(18)21)13-29-19-5-3-9-25-23(19)33-20-6-2-1-4-16(20)24(29)31/h1-9,12H,10-11,13-14H2,(H,26,30). The summed E-state index contributed by atoms with van der Waals surface area (Å²) in [7, 11) is 0. The summed E-state index contributed by atoms with van der Waals surface area (Å²) in [6.07, 6.45) is 1.58. The van der Waals surface area contributed by atoms with Gasteiger partial charge >= 0.3 is 0 Å². The monoisotopic (exact) mass is 441 g/mol. The summed E-state index contributed by atoms with van der Waals surface area (Å²) in [5.74, 6) is 0.881. The Kier molecular flexibility index (Phi) is 4.55. The van der Waals surface area contributed by atoms with Crippen molar-refractivity contribution in [3.8, 4) is 11.6 Å². The van der Waals surface area contributed by atoms with Crippen LogP contribution in [0.4, 0.5) is 11.4 Å². The molecule has 9 heteroatoms. The predicted octanol–water partition coefficient (Wildman–Crippen LogP) is 3.35. The highest BCUT2D eigenvalue weighted by Gasteiger charge is 2.30. The van der Waals surface area contributed by atoms with E-state index in [1.807, 2.05) is 18.2 Å². The van der Waals surface area contributed by atoms with Crippen LogP contribution in [-0.4, -0.2) is 39.5 Å². The van der Waals surface area contributed by atoms with Crippen molar-refractivity contribution in [3.63, 3.8) is 0 Å². The Bertz CT molecular complexity index is 1410. The van der Waals surface area contributed by atoms with E-state index in [-0.39, 0.29) is 24.2 Å². The molecule has 2 aromatic heterocycles. The maximum Gasteiger partial charge on any atom is 0.262 e. The lowest BCUT2D eigenvalue weighted by molar-refractivity contribution is -0.114. The second-order valence-electron chi connectivity index (χ2n) is 7.80. The first kappa shape index (κ1) is 19.4. The van der Waals surface area contributed by atoms with Gasteiger partial charge in [0.2, 0.25) is 11.8 Å². The summed E-state index contributed by atoms with van der Waals surface area (Å²) < 4.78 is 13.5. The third-order valence-electron chi connectivity index (χ3n) is 5.71. The van der Waals surface area contributed by atoms with Crippen LogP contribution < -0.4 is 15.0 Å². The lowest BCUT2D eigenvalue weighted by Gasteiger charge is -2.21. The van der Waals surface area contributed by atoms with Crippen molar-refractivity contribution >= 4 is 34.2 Å². The van der Waals surface area contributed by atoms with Gasteiger partial charge in [0.1, 0.15) is 30.4 Å². The second kappa shape index (κ2) is 7.72. The predicted molar refractivity (Wildman–Crippen MR) is 120 cm³/mol. The van der Waals surface area contributed by atoms with Crippen molar-refractivity contribution in [2.24, 2.45) is 0 Å². The van der Waals surface area contributed by atoms with Gasteiger partial charge in [0.05, 0.1) is 23.2 Å². The Labute approximate surface area is 188 Å². The van der Waals surface area contributed by atoms with Crippen LogP contribution in [0.1, 0.15) is 16.2 Å². The van der Waals surface area contributed by atoms with Gasteiger partial charge in [-0.05, 0) is 42.5 Å². The summed E-state index contributed by atoms with van der Waals surface area (Å²) in [5, 5.41) is 2.88. The van der Waals surface area contributed by atoms with Gasteiger partial charge in [-0.15, -0.1) is 0 Å². The van der Waals surface area contributed by atoms with Gasteiger partial charge < -0.3 is 19.4 Å². The number of fused-ring (bicyclic) bond motifs is 5. The van der Waals surface area contributed by atoms with Crippen molar-refractivity contribution in [1.82, 2.24) is 14.5 Å². The molecule has 0 saturated carbocycles. The molecule has 2 amide bonds. The van der Waals surface area contributed by atoms with E-state index in [1.165, 1.54) is 4.90 Å². The number of nitrogens with zero attached hydrogens (tertiary/aromatic N) is 4. The zero-order chi connectivity index (χ0) is 22.4. The number of para-hydroxylation sites is 1. The molecule has 9 nitrogen and oxygen atoms in total. The molecule has 0 spiro atoms. The van der Waals surface area contributed by atoms with Gasteiger partial charge in [-0.1, -0.05) is 12.1 Å². The van der Waals surface area contributed by atoms with E-state index in [0.717, 1.165) is 23.4 Å². The van der Waals surface area contributed by atoms with Crippen molar-refractivity contribution in [2.45, 2.75) is 13.2 Å². The molecule has 0 aliphatic carbocycles. The van der Waals surface area contributed by atoms with Crippen LogP contribution in [0.3, 0.4) is 0 Å². The minimum Gasteiger partial charge on any atom is -0.436 e. The number of hydrogen-bond acceptors (Lipinski definition) is 6. The molecule has 0 radical (unpaired) electrons. The smallest absolute Gasteiger partial charge is 0.262 e. The molecule has 33 heavy (non-hydrogen) atoms. The third kappa shape index (κ3) is 3.39. The summed E-state index contributed by atoms with van der Waals surface area (Å²) in [6.45, 7) is 1.70. The lowest BCUT2D eigenvalue weighted by atomic mass is 10.1. The number of pyridine rings is 1. The fourth-order valence-corrected chi connectivity index (χ4v) is 4.20. The van der Waals surface area contributed by atoms with E-state index in [4.69, 9.17) is 9.47 Å². The summed E-state index contributed by atoms with van der Waals surface area (Å²) >= 11 is 0. The van der Waals surface area contributed by atoms with E-state index < -0.39 is 0 Å². The first-order chi connectivity index (χ1) is 16.2. The van der Waals surface area contributed by atoms with Crippen LogP contribution >= 0.6 is 0 Å².